The van der Waals surface area contributed by atoms with Crippen molar-refractivity contribution in [1.82, 2.24) is 9.97 Å². The van der Waals surface area contributed by atoms with Crippen LogP contribution >= 0.6 is 11.3 Å². The van der Waals surface area contributed by atoms with Crippen molar-refractivity contribution in [2.24, 2.45) is 0 Å². The van der Waals surface area contributed by atoms with E-state index in [0.717, 1.165) is 5.52 Å². The van der Waals surface area contributed by atoms with Crippen molar-refractivity contribution < 1.29 is 0 Å². The van der Waals surface area contributed by atoms with Gasteiger partial charge in [-0.3, -0.25) is 0 Å². The molecule has 0 spiro atoms. The molecule has 0 radical (unpaired) electrons. The Bertz CT molecular complexity index is 486. The number of H-pyrrole nitrogens is 1. The lowest BCUT2D eigenvalue weighted by Gasteiger charge is -1.89. The second-order valence-electron chi connectivity index (χ2n) is 2.71. The summed E-state index contributed by atoms with van der Waals surface area (Å²) >= 11 is 1.68. The predicted molar refractivity (Wildman–Crippen MR) is 51.5 cm³/mol. The van der Waals surface area contributed by atoms with Crippen molar-refractivity contribution in [2.45, 2.75) is 0 Å². The molecule has 2 nitrogen and oxygen atoms in total. The maximum Gasteiger partial charge on any atom is 0.0833 e. The van der Waals surface area contributed by atoms with Gasteiger partial charge < -0.3 is 4.98 Å². The monoisotopic (exact) mass is 174 g/mol. The third-order valence-electron chi connectivity index (χ3n) is 2.02. The van der Waals surface area contributed by atoms with E-state index in [4.69, 9.17) is 0 Å². The fraction of sp³-hybridized carbons (Fsp3) is 0. The molecule has 0 amide bonds. The number of hydrogen-bond donors (Lipinski definition) is 1. The van der Waals surface area contributed by atoms with Crippen LogP contribution in [-0.2, 0) is 0 Å². The number of rotatable bonds is 0. The Balaban J connectivity index is 2.71. The minimum atomic E-state index is 1.08. The van der Waals surface area contributed by atoms with Crippen LogP contribution in [0.25, 0.3) is 21.1 Å². The van der Waals surface area contributed by atoms with Crippen LogP contribution in [0.2, 0.25) is 0 Å². The van der Waals surface area contributed by atoms with Crippen molar-refractivity contribution in [2.75, 3.05) is 0 Å². The van der Waals surface area contributed by atoms with Crippen LogP contribution in [0.3, 0.4) is 0 Å². The van der Waals surface area contributed by atoms with Gasteiger partial charge in [-0.15, -0.1) is 11.3 Å². The molecule has 2 aromatic heterocycles. The summed E-state index contributed by atoms with van der Waals surface area (Å²) in [4.78, 5) is 7.47. The molecule has 3 rings (SSSR count). The lowest BCUT2D eigenvalue weighted by atomic mass is 10.2. The summed E-state index contributed by atoms with van der Waals surface area (Å²) in [6.07, 6.45) is 1.96. The average Bonchev–Trinajstić information content (AvgIpc) is 2.71. The largest absolute Gasteiger partial charge is 0.360 e. The minimum Gasteiger partial charge on any atom is -0.360 e. The molecule has 12 heavy (non-hydrogen) atoms. The smallest absolute Gasteiger partial charge is 0.0833 e. The fourth-order valence-electron chi connectivity index (χ4n) is 1.45. The second kappa shape index (κ2) is 2.08. The van der Waals surface area contributed by atoms with E-state index < -0.39 is 0 Å². The van der Waals surface area contributed by atoms with E-state index >= 15 is 0 Å². The molecule has 0 fully saturated rings. The van der Waals surface area contributed by atoms with E-state index in [-0.39, 0.29) is 0 Å². The summed E-state index contributed by atoms with van der Waals surface area (Å²) in [5, 5.41) is 1.26. The summed E-state index contributed by atoms with van der Waals surface area (Å²) in [5.41, 5.74) is 4.16. The van der Waals surface area contributed by atoms with Crippen LogP contribution in [0.1, 0.15) is 0 Å². The standard InChI is InChI=1S/C9H6N2S/c1-2-7-9(12-5-11-7)8-6(1)3-4-10-8/h1-5,10H. The van der Waals surface area contributed by atoms with E-state index in [1.165, 1.54) is 15.6 Å². The maximum absolute atomic E-state index is 4.25. The van der Waals surface area contributed by atoms with Crippen LogP contribution in [0.15, 0.2) is 29.9 Å². The molecule has 58 valence electrons. The Hall–Kier alpha value is -1.35. The topological polar surface area (TPSA) is 28.7 Å². The van der Waals surface area contributed by atoms with Crippen molar-refractivity contribution in [3.8, 4) is 0 Å². The van der Waals surface area contributed by atoms with Gasteiger partial charge in [0.15, 0.2) is 0 Å². The van der Waals surface area contributed by atoms with Gasteiger partial charge in [-0.2, -0.15) is 0 Å². The number of hydrogen-bond acceptors (Lipinski definition) is 2. The highest BCUT2D eigenvalue weighted by molar-refractivity contribution is 7.17. The molecule has 3 aromatic rings. The van der Waals surface area contributed by atoms with Crippen LogP contribution in [0, 0.1) is 0 Å². The summed E-state index contributed by atoms with van der Waals surface area (Å²) in [6.45, 7) is 0. The van der Waals surface area contributed by atoms with Crippen LogP contribution < -0.4 is 0 Å². The zero-order valence-corrected chi connectivity index (χ0v) is 7.06. The summed E-state index contributed by atoms with van der Waals surface area (Å²) in [6, 6.07) is 6.23. The van der Waals surface area contributed by atoms with Crippen molar-refractivity contribution in [3.63, 3.8) is 0 Å². The normalized spacial score (nSPS) is 11.3. The lowest BCUT2D eigenvalue weighted by Crippen LogP contribution is -1.69. The fourth-order valence-corrected chi connectivity index (χ4v) is 2.25. The van der Waals surface area contributed by atoms with Gasteiger partial charge >= 0.3 is 0 Å². The molecule has 0 unspecified atom stereocenters. The Morgan fingerprint density at radius 2 is 2.25 bits per heavy atom. The molecule has 0 atom stereocenters. The van der Waals surface area contributed by atoms with E-state index in [0.29, 0.717) is 0 Å². The number of nitrogens with one attached hydrogen (secondary N) is 1. The van der Waals surface area contributed by atoms with E-state index in [9.17, 15) is 0 Å². The van der Waals surface area contributed by atoms with E-state index in [1.807, 2.05) is 11.7 Å². The molecule has 1 N–H and O–H groups in total. The molecule has 0 aliphatic heterocycles. The Morgan fingerprint density at radius 3 is 3.25 bits per heavy atom. The van der Waals surface area contributed by atoms with Crippen molar-refractivity contribution >= 4 is 32.5 Å². The van der Waals surface area contributed by atoms with Gasteiger partial charge in [-0.1, -0.05) is 6.07 Å². The molecule has 3 heteroatoms. The van der Waals surface area contributed by atoms with Gasteiger partial charge in [0.05, 0.1) is 21.2 Å². The molecule has 2 heterocycles. The third-order valence-corrected chi connectivity index (χ3v) is 2.88. The first-order chi connectivity index (χ1) is 5.95. The second-order valence-corrected chi connectivity index (χ2v) is 3.56. The highest BCUT2D eigenvalue weighted by Crippen LogP contribution is 2.26. The highest BCUT2D eigenvalue weighted by Gasteiger charge is 2.01. The van der Waals surface area contributed by atoms with Gasteiger partial charge in [0.25, 0.3) is 0 Å². The number of aromatic amines is 1. The highest BCUT2D eigenvalue weighted by atomic mass is 32.1. The first-order valence-electron chi connectivity index (χ1n) is 3.74. The van der Waals surface area contributed by atoms with Gasteiger partial charge in [0.1, 0.15) is 0 Å². The molecule has 0 bridgehead atoms. The predicted octanol–water partition coefficient (Wildman–Crippen LogP) is 2.78. The van der Waals surface area contributed by atoms with Crippen LogP contribution in [-0.4, -0.2) is 9.97 Å². The van der Waals surface area contributed by atoms with E-state index in [1.54, 1.807) is 11.3 Å². The van der Waals surface area contributed by atoms with Gasteiger partial charge in [-0.25, -0.2) is 4.98 Å². The quantitative estimate of drug-likeness (QED) is 0.557. The zero-order chi connectivity index (χ0) is 7.97. The first-order valence-corrected chi connectivity index (χ1v) is 4.62. The molecule has 0 aliphatic carbocycles. The lowest BCUT2D eigenvalue weighted by molar-refractivity contribution is 1.48. The zero-order valence-electron chi connectivity index (χ0n) is 6.24. The number of fused-ring (bicyclic) bond motifs is 3. The van der Waals surface area contributed by atoms with Crippen molar-refractivity contribution in [1.29, 1.82) is 0 Å². The molecule has 0 saturated heterocycles. The Kier molecular flexibility index (Phi) is 1.07. The van der Waals surface area contributed by atoms with Gasteiger partial charge in [-0.05, 0) is 12.1 Å². The number of aromatic nitrogens is 2. The maximum atomic E-state index is 4.25. The third kappa shape index (κ3) is 0.662. The first kappa shape index (κ1) is 6.20. The SMILES string of the molecule is c1cc2ccc3ncsc3c2[nH]1. The van der Waals surface area contributed by atoms with Gasteiger partial charge in [0, 0.05) is 11.6 Å². The molecule has 0 saturated carbocycles. The number of nitrogens with zero attached hydrogens (tertiary/aromatic N) is 1. The van der Waals surface area contributed by atoms with Gasteiger partial charge in [0.2, 0.25) is 0 Å². The van der Waals surface area contributed by atoms with Crippen LogP contribution in [0.5, 0.6) is 0 Å². The molecule has 1 aromatic carbocycles. The molecular formula is C9H6N2S. The molecule has 0 aliphatic rings. The summed E-state index contributed by atoms with van der Waals surface area (Å²) in [7, 11) is 0. The minimum absolute atomic E-state index is 1.08. The van der Waals surface area contributed by atoms with Crippen LogP contribution in [0.4, 0.5) is 0 Å². The Morgan fingerprint density at radius 1 is 1.25 bits per heavy atom. The van der Waals surface area contributed by atoms with E-state index in [2.05, 4.69) is 28.2 Å². The molecular weight excluding hydrogens is 168 g/mol. The number of thiazole rings is 1. The number of benzene rings is 1. The summed E-state index contributed by atoms with van der Waals surface area (Å²) < 4.78 is 1.25. The Labute approximate surface area is 72.9 Å². The summed E-state index contributed by atoms with van der Waals surface area (Å²) in [5.74, 6) is 0. The average molecular weight is 174 g/mol. The van der Waals surface area contributed by atoms with Crippen molar-refractivity contribution in [3.05, 3.63) is 29.9 Å².